The van der Waals surface area contributed by atoms with Gasteiger partial charge in [0.15, 0.2) is 0 Å². The lowest BCUT2D eigenvalue weighted by atomic mass is 9.90. The van der Waals surface area contributed by atoms with Crippen molar-refractivity contribution in [2.24, 2.45) is 0 Å². The van der Waals surface area contributed by atoms with Crippen molar-refractivity contribution in [2.45, 2.75) is 43.7 Å². The van der Waals surface area contributed by atoms with E-state index in [0.29, 0.717) is 6.54 Å². The molecule has 4 nitrogen and oxygen atoms in total. The predicted octanol–water partition coefficient (Wildman–Crippen LogP) is 2.97. The van der Waals surface area contributed by atoms with E-state index in [4.69, 9.17) is 4.74 Å². The second kappa shape index (κ2) is 8.06. The van der Waals surface area contributed by atoms with E-state index in [1.165, 1.54) is 11.3 Å². The normalized spacial score (nSPS) is 27.0. The molecule has 2 fully saturated rings. The summed E-state index contributed by atoms with van der Waals surface area (Å²) in [6, 6.07) is 10.6. The quantitative estimate of drug-likeness (QED) is 0.814. The number of amides is 2. The number of thioether (sulfide) groups is 1. The highest BCUT2D eigenvalue weighted by atomic mass is 32.2. The molecule has 126 valence electrons. The summed E-state index contributed by atoms with van der Waals surface area (Å²) in [6.07, 6.45) is 4.96. The maximum Gasteiger partial charge on any atom is 0.315 e. The summed E-state index contributed by atoms with van der Waals surface area (Å²) in [4.78, 5) is 12.1. The monoisotopic (exact) mass is 334 g/mol. The Labute approximate surface area is 142 Å². The predicted molar refractivity (Wildman–Crippen MR) is 94.9 cm³/mol. The molecule has 2 unspecified atom stereocenters. The Morgan fingerprint density at radius 1 is 1.35 bits per heavy atom. The maximum atomic E-state index is 12.1. The van der Waals surface area contributed by atoms with Gasteiger partial charge in [0.1, 0.15) is 0 Å². The molecule has 2 amide bonds. The van der Waals surface area contributed by atoms with Gasteiger partial charge in [-0.2, -0.15) is 11.8 Å². The van der Waals surface area contributed by atoms with Crippen molar-refractivity contribution in [1.29, 1.82) is 0 Å². The first-order valence-corrected chi connectivity index (χ1v) is 9.71. The molecule has 3 rings (SSSR count). The second-order valence-corrected chi connectivity index (χ2v) is 7.62. The summed E-state index contributed by atoms with van der Waals surface area (Å²) in [6.45, 7) is 1.48. The summed E-state index contributed by atoms with van der Waals surface area (Å²) < 4.78 is 5.99. The third-order valence-corrected chi connectivity index (χ3v) is 5.89. The van der Waals surface area contributed by atoms with E-state index >= 15 is 0 Å². The standard InChI is InChI=1S/C18H26N2O2S/c21-17(19-10-4-7-15-5-2-1-3-6-15)20-16-8-11-22-18(13-16)9-12-23-14-18/h1-3,5-6,16H,4,7-14H2,(H2,19,20,21). The van der Waals surface area contributed by atoms with Crippen LogP contribution in [-0.2, 0) is 11.2 Å². The molecule has 0 aliphatic carbocycles. The van der Waals surface area contributed by atoms with E-state index in [0.717, 1.165) is 44.5 Å². The van der Waals surface area contributed by atoms with Gasteiger partial charge in [-0.1, -0.05) is 30.3 Å². The van der Waals surface area contributed by atoms with Gasteiger partial charge < -0.3 is 15.4 Å². The fourth-order valence-corrected chi connectivity index (χ4v) is 4.77. The highest BCUT2D eigenvalue weighted by Crippen LogP contribution is 2.38. The maximum absolute atomic E-state index is 12.1. The van der Waals surface area contributed by atoms with Crippen LogP contribution in [0, 0.1) is 0 Å². The van der Waals surface area contributed by atoms with Crippen LogP contribution < -0.4 is 10.6 Å². The molecule has 2 saturated heterocycles. The number of carbonyl (C=O) groups is 1. The summed E-state index contributed by atoms with van der Waals surface area (Å²) in [5, 5.41) is 6.11. The second-order valence-electron chi connectivity index (χ2n) is 6.51. The van der Waals surface area contributed by atoms with Crippen LogP contribution in [0.25, 0.3) is 0 Å². The summed E-state index contributed by atoms with van der Waals surface area (Å²) >= 11 is 1.96. The zero-order chi connectivity index (χ0) is 16.0. The van der Waals surface area contributed by atoms with Gasteiger partial charge in [-0.15, -0.1) is 0 Å². The van der Waals surface area contributed by atoms with Crippen LogP contribution in [-0.4, -0.2) is 42.3 Å². The van der Waals surface area contributed by atoms with Crippen LogP contribution in [0.4, 0.5) is 4.79 Å². The molecule has 0 aromatic heterocycles. The number of ether oxygens (including phenoxy) is 1. The molecule has 0 radical (unpaired) electrons. The highest BCUT2D eigenvalue weighted by molar-refractivity contribution is 7.99. The van der Waals surface area contributed by atoms with Crippen LogP contribution in [0.15, 0.2) is 30.3 Å². The van der Waals surface area contributed by atoms with Gasteiger partial charge in [0.05, 0.1) is 5.60 Å². The number of hydrogen-bond acceptors (Lipinski definition) is 3. The van der Waals surface area contributed by atoms with E-state index < -0.39 is 0 Å². The third-order valence-electron chi connectivity index (χ3n) is 4.67. The molecule has 5 heteroatoms. The van der Waals surface area contributed by atoms with E-state index in [9.17, 15) is 4.79 Å². The molecule has 1 aromatic rings. The van der Waals surface area contributed by atoms with E-state index in [1.807, 2.05) is 17.8 Å². The summed E-state index contributed by atoms with van der Waals surface area (Å²) in [5.41, 5.74) is 1.34. The number of hydrogen-bond donors (Lipinski definition) is 2. The molecule has 2 aliphatic rings. The Hall–Kier alpha value is -1.20. The van der Waals surface area contributed by atoms with Crippen LogP contribution >= 0.6 is 11.8 Å². The molecular formula is C18H26N2O2S. The fourth-order valence-electron chi connectivity index (χ4n) is 3.39. The molecule has 0 bridgehead atoms. The lowest BCUT2D eigenvalue weighted by molar-refractivity contribution is -0.0684. The molecule has 0 saturated carbocycles. The highest BCUT2D eigenvalue weighted by Gasteiger charge is 2.40. The fraction of sp³-hybridized carbons (Fsp3) is 0.611. The zero-order valence-electron chi connectivity index (χ0n) is 13.6. The Bertz CT molecular complexity index is 503. The number of carbonyl (C=O) groups excluding carboxylic acids is 1. The van der Waals surface area contributed by atoms with Crippen molar-refractivity contribution in [2.75, 3.05) is 24.7 Å². The molecule has 1 spiro atoms. The lowest BCUT2D eigenvalue weighted by Crippen LogP contribution is -2.51. The van der Waals surface area contributed by atoms with Gasteiger partial charge in [-0.05, 0) is 43.4 Å². The van der Waals surface area contributed by atoms with Gasteiger partial charge >= 0.3 is 6.03 Å². The van der Waals surface area contributed by atoms with Crippen molar-refractivity contribution in [3.8, 4) is 0 Å². The smallest absolute Gasteiger partial charge is 0.315 e. The van der Waals surface area contributed by atoms with E-state index in [-0.39, 0.29) is 17.7 Å². The zero-order valence-corrected chi connectivity index (χ0v) is 14.4. The first-order chi connectivity index (χ1) is 11.3. The Morgan fingerprint density at radius 3 is 3.00 bits per heavy atom. The van der Waals surface area contributed by atoms with Gasteiger partial charge in [-0.25, -0.2) is 4.79 Å². The van der Waals surface area contributed by atoms with Gasteiger partial charge in [0.25, 0.3) is 0 Å². The molecule has 2 N–H and O–H groups in total. The average molecular weight is 334 g/mol. The minimum Gasteiger partial charge on any atom is -0.374 e. The molecule has 2 atom stereocenters. The van der Waals surface area contributed by atoms with Crippen molar-refractivity contribution in [1.82, 2.24) is 10.6 Å². The Balaban J connectivity index is 1.34. The molecule has 2 aliphatic heterocycles. The largest absolute Gasteiger partial charge is 0.374 e. The SMILES string of the molecule is O=C(NCCCc1ccccc1)NC1CCOC2(CCSC2)C1. The van der Waals surface area contributed by atoms with E-state index in [2.05, 4.69) is 34.9 Å². The minimum atomic E-state index is -0.0363. The molecule has 23 heavy (non-hydrogen) atoms. The van der Waals surface area contributed by atoms with Gasteiger partial charge in [-0.3, -0.25) is 0 Å². The van der Waals surface area contributed by atoms with Crippen molar-refractivity contribution in [3.63, 3.8) is 0 Å². The number of urea groups is 1. The Kier molecular flexibility index (Phi) is 5.84. The third kappa shape index (κ3) is 4.88. The number of aryl methyl sites for hydroxylation is 1. The molecular weight excluding hydrogens is 308 g/mol. The van der Waals surface area contributed by atoms with Crippen LogP contribution in [0.2, 0.25) is 0 Å². The van der Waals surface area contributed by atoms with Crippen LogP contribution in [0.1, 0.15) is 31.2 Å². The van der Waals surface area contributed by atoms with Gasteiger partial charge in [0, 0.05) is 24.9 Å². The lowest BCUT2D eigenvalue weighted by Gasteiger charge is -2.37. The van der Waals surface area contributed by atoms with Crippen molar-refractivity contribution >= 4 is 17.8 Å². The first-order valence-electron chi connectivity index (χ1n) is 8.56. The Morgan fingerprint density at radius 2 is 2.22 bits per heavy atom. The first kappa shape index (κ1) is 16.7. The average Bonchev–Trinajstić information content (AvgIpc) is 3.00. The van der Waals surface area contributed by atoms with Crippen molar-refractivity contribution in [3.05, 3.63) is 35.9 Å². The van der Waals surface area contributed by atoms with Crippen LogP contribution in [0.3, 0.4) is 0 Å². The minimum absolute atomic E-state index is 0.0220. The van der Waals surface area contributed by atoms with E-state index in [1.54, 1.807) is 0 Å². The summed E-state index contributed by atoms with van der Waals surface area (Å²) in [7, 11) is 0. The number of benzene rings is 1. The topological polar surface area (TPSA) is 50.4 Å². The van der Waals surface area contributed by atoms with Crippen molar-refractivity contribution < 1.29 is 9.53 Å². The number of nitrogens with one attached hydrogen (secondary N) is 2. The molecule has 1 aromatic carbocycles. The van der Waals surface area contributed by atoms with Gasteiger partial charge in [0.2, 0.25) is 0 Å². The summed E-state index contributed by atoms with van der Waals surface area (Å²) in [5.74, 6) is 2.25. The van der Waals surface area contributed by atoms with Crippen LogP contribution in [0.5, 0.6) is 0 Å². The molecule has 2 heterocycles. The number of rotatable bonds is 5.